The van der Waals surface area contributed by atoms with Crippen LogP contribution < -0.4 is 4.74 Å². The van der Waals surface area contributed by atoms with Crippen molar-refractivity contribution in [1.82, 2.24) is 9.88 Å². The second-order valence-electron chi connectivity index (χ2n) is 8.08. The van der Waals surface area contributed by atoms with E-state index >= 15 is 0 Å². The van der Waals surface area contributed by atoms with E-state index in [1.807, 2.05) is 36.4 Å². The lowest BCUT2D eigenvalue weighted by Crippen LogP contribution is -2.18. The molecule has 0 bridgehead atoms. The molecule has 2 aromatic carbocycles. The average molecular weight is 391 g/mol. The van der Waals surface area contributed by atoms with Gasteiger partial charge in [-0.05, 0) is 55.8 Å². The third-order valence-corrected chi connectivity index (χ3v) is 5.38. The highest BCUT2D eigenvalue weighted by Crippen LogP contribution is 2.27. The fourth-order valence-corrected chi connectivity index (χ4v) is 3.90. The third-order valence-electron chi connectivity index (χ3n) is 5.38. The summed E-state index contributed by atoms with van der Waals surface area (Å²) >= 11 is 0. The summed E-state index contributed by atoms with van der Waals surface area (Å²) in [6.45, 7) is 8.30. The molecular weight excluding hydrogens is 360 g/mol. The first kappa shape index (κ1) is 19.7. The van der Waals surface area contributed by atoms with Gasteiger partial charge in [-0.1, -0.05) is 44.2 Å². The van der Waals surface area contributed by atoms with Gasteiger partial charge in [0, 0.05) is 24.4 Å². The van der Waals surface area contributed by atoms with Gasteiger partial charge in [-0.25, -0.2) is 4.98 Å². The van der Waals surface area contributed by atoms with Crippen LogP contribution in [0, 0.1) is 0 Å². The zero-order chi connectivity index (χ0) is 20.1. The van der Waals surface area contributed by atoms with Crippen LogP contribution in [0.2, 0.25) is 0 Å². The van der Waals surface area contributed by atoms with Gasteiger partial charge in [0.05, 0.1) is 12.3 Å². The van der Waals surface area contributed by atoms with E-state index in [1.165, 1.54) is 31.5 Å². The lowest BCUT2D eigenvalue weighted by atomic mass is 10.1. The Morgan fingerprint density at radius 2 is 1.83 bits per heavy atom. The topological polar surface area (TPSA) is 38.5 Å². The average Bonchev–Trinajstić information content (AvgIpc) is 3.39. The Bertz CT molecular complexity index is 912. The summed E-state index contributed by atoms with van der Waals surface area (Å²) in [5.74, 6) is 2.87. The summed E-state index contributed by atoms with van der Waals surface area (Å²) < 4.78 is 12.2. The number of likely N-dealkylation sites (tertiary alicyclic amines) is 1. The SMILES string of the molecule is CC(C)c1oc(-c2ccccc2)nc1CCOc1cccc(CN2CCCC2)c1. The molecule has 4 rings (SSSR count). The molecule has 0 unspecified atom stereocenters. The first-order valence-electron chi connectivity index (χ1n) is 10.7. The van der Waals surface area contributed by atoms with Gasteiger partial charge in [0.2, 0.25) is 5.89 Å². The van der Waals surface area contributed by atoms with Gasteiger partial charge < -0.3 is 9.15 Å². The van der Waals surface area contributed by atoms with Crippen LogP contribution in [0.15, 0.2) is 59.0 Å². The van der Waals surface area contributed by atoms with Crippen LogP contribution >= 0.6 is 0 Å². The van der Waals surface area contributed by atoms with Crippen LogP contribution in [0.25, 0.3) is 11.5 Å². The smallest absolute Gasteiger partial charge is 0.226 e. The Hall–Kier alpha value is -2.59. The molecule has 0 atom stereocenters. The van der Waals surface area contributed by atoms with E-state index in [0.29, 0.717) is 18.4 Å². The molecule has 2 heterocycles. The summed E-state index contributed by atoms with van der Waals surface area (Å²) in [4.78, 5) is 7.27. The standard InChI is InChI=1S/C25H30N2O2/c1-19(2)24-23(26-25(29-24)21-10-4-3-5-11-21)13-16-28-22-12-8-9-20(17-22)18-27-14-6-7-15-27/h3-5,8-12,17,19H,6-7,13-16,18H2,1-2H3. The zero-order valence-electron chi connectivity index (χ0n) is 17.4. The molecule has 0 radical (unpaired) electrons. The summed E-state index contributed by atoms with van der Waals surface area (Å²) in [6.07, 6.45) is 3.37. The number of hydrogen-bond donors (Lipinski definition) is 0. The predicted octanol–water partition coefficient (Wildman–Crippen LogP) is 5.68. The van der Waals surface area contributed by atoms with Gasteiger partial charge in [-0.3, -0.25) is 4.90 Å². The monoisotopic (exact) mass is 390 g/mol. The van der Waals surface area contributed by atoms with Gasteiger partial charge in [0.25, 0.3) is 0 Å². The van der Waals surface area contributed by atoms with Gasteiger partial charge in [-0.15, -0.1) is 0 Å². The van der Waals surface area contributed by atoms with Crippen molar-refractivity contribution in [1.29, 1.82) is 0 Å². The number of benzene rings is 2. The van der Waals surface area contributed by atoms with Gasteiger partial charge in [-0.2, -0.15) is 0 Å². The summed E-state index contributed by atoms with van der Waals surface area (Å²) in [5.41, 5.74) is 3.32. The van der Waals surface area contributed by atoms with Crippen molar-refractivity contribution >= 4 is 0 Å². The quantitative estimate of drug-likeness (QED) is 0.496. The normalized spacial score (nSPS) is 14.6. The predicted molar refractivity (Wildman–Crippen MR) is 116 cm³/mol. The largest absolute Gasteiger partial charge is 0.493 e. The highest BCUT2D eigenvalue weighted by Gasteiger charge is 2.17. The Balaban J connectivity index is 1.39. The van der Waals surface area contributed by atoms with E-state index in [2.05, 4.69) is 36.9 Å². The molecule has 1 aliphatic rings. The molecule has 3 aromatic rings. The number of rotatable bonds is 8. The maximum absolute atomic E-state index is 6.09. The Morgan fingerprint density at radius 1 is 1.03 bits per heavy atom. The van der Waals surface area contributed by atoms with Crippen molar-refractivity contribution in [3.05, 3.63) is 71.6 Å². The zero-order valence-corrected chi connectivity index (χ0v) is 17.4. The van der Waals surface area contributed by atoms with E-state index in [4.69, 9.17) is 14.1 Å². The minimum atomic E-state index is 0.291. The van der Waals surface area contributed by atoms with Gasteiger partial charge in [0.1, 0.15) is 11.5 Å². The highest BCUT2D eigenvalue weighted by molar-refractivity contribution is 5.53. The second-order valence-corrected chi connectivity index (χ2v) is 8.08. The lowest BCUT2D eigenvalue weighted by Gasteiger charge is -2.15. The van der Waals surface area contributed by atoms with Gasteiger partial charge >= 0.3 is 0 Å². The van der Waals surface area contributed by atoms with E-state index in [1.54, 1.807) is 0 Å². The number of nitrogens with zero attached hydrogens (tertiary/aromatic N) is 2. The van der Waals surface area contributed by atoms with Crippen LogP contribution in [-0.2, 0) is 13.0 Å². The first-order valence-corrected chi connectivity index (χ1v) is 10.7. The molecular formula is C25H30N2O2. The van der Waals surface area contributed by atoms with Crippen molar-refractivity contribution < 1.29 is 9.15 Å². The molecule has 0 N–H and O–H groups in total. The Kier molecular flexibility index (Phi) is 6.30. The molecule has 0 spiro atoms. The van der Waals surface area contributed by atoms with Crippen LogP contribution in [0.5, 0.6) is 5.75 Å². The van der Waals surface area contributed by atoms with Crippen molar-refractivity contribution in [2.24, 2.45) is 0 Å². The molecule has 0 saturated carbocycles. The Labute approximate surface area is 173 Å². The van der Waals surface area contributed by atoms with Crippen molar-refractivity contribution in [2.75, 3.05) is 19.7 Å². The van der Waals surface area contributed by atoms with E-state index in [0.717, 1.165) is 35.7 Å². The number of ether oxygens (including phenoxy) is 1. The summed E-state index contributed by atoms with van der Waals surface area (Å²) in [5, 5.41) is 0. The molecule has 4 nitrogen and oxygen atoms in total. The molecule has 0 amide bonds. The van der Waals surface area contributed by atoms with E-state index in [9.17, 15) is 0 Å². The number of aromatic nitrogens is 1. The maximum Gasteiger partial charge on any atom is 0.226 e. The fourth-order valence-electron chi connectivity index (χ4n) is 3.90. The molecule has 1 fully saturated rings. The molecule has 1 aliphatic heterocycles. The second kappa shape index (κ2) is 9.27. The number of oxazole rings is 1. The van der Waals surface area contributed by atoms with Crippen LogP contribution in [0.3, 0.4) is 0 Å². The minimum Gasteiger partial charge on any atom is -0.493 e. The van der Waals surface area contributed by atoms with Crippen LogP contribution in [0.4, 0.5) is 0 Å². The van der Waals surface area contributed by atoms with Crippen LogP contribution in [-0.4, -0.2) is 29.6 Å². The summed E-state index contributed by atoms with van der Waals surface area (Å²) in [6, 6.07) is 18.6. The van der Waals surface area contributed by atoms with Crippen molar-refractivity contribution in [2.45, 2.75) is 45.6 Å². The molecule has 152 valence electrons. The molecule has 1 saturated heterocycles. The molecule has 29 heavy (non-hydrogen) atoms. The molecule has 1 aromatic heterocycles. The minimum absolute atomic E-state index is 0.291. The van der Waals surface area contributed by atoms with Crippen LogP contribution in [0.1, 0.15) is 49.6 Å². The third kappa shape index (κ3) is 5.07. The van der Waals surface area contributed by atoms with E-state index < -0.39 is 0 Å². The summed E-state index contributed by atoms with van der Waals surface area (Å²) in [7, 11) is 0. The first-order chi connectivity index (χ1) is 14.2. The number of hydrogen-bond acceptors (Lipinski definition) is 4. The maximum atomic E-state index is 6.09. The van der Waals surface area contributed by atoms with E-state index in [-0.39, 0.29) is 0 Å². The van der Waals surface area contributed by atoms with Crippen molar-refractivity contribution in [3.63, 3.8) is 0 Å². The lowest BCUT2D eigenvalue weighted by molar-refractivity contribution is 0.314. The fraction of sp³-hybridized carbons (Fsp3) is 0.400. The molecule has 4 heteroatoms. The van der Waals surface area contributed by atoms with Crippen molar-refractivity contribution in [3.8, 4) is 17.2 Å². The molecule has 0 aliphatic carbocycles. The highest BCUT2D eigenvalue weighted by atomic mass is 16.5. The Morgan fingerprint density at radius 3 is 2.59 bits per heavy atom. The van der Waals surface area contributed by atoms with Gasteiger partial charge in [0.15, 0.2) is 0 Å².